The Balaban J connectivity index is 1.61. The SMILES string of the molecule is O=C(NCC1CCCO1)C(c1ccccc1)N(Cc1ccc(F)cc1)C(=O)COc1ccccc1Cl. The third kappa shape index (κ3) is 6.83. The lowest BCUT2D eigenvalue weighted by molar-refractivity contribution is -0.143. The Labute approximate surface area is 215 Å². The number of carbonyl (C=O) groups excluding carboxylic acids is 2. The van der Waals surface area contributed by atoms with Gasteiger partial charge in [-0.1, -0.05) is 66.2 Å². The molecule has 188 valence electrons. The minimum atomic E-state index is -0.931. The molecule has 2 amide bonds. The highest BCUT2D eigenvalue weighted by Crippen LogP contribution is 2.26. The second-order valence-corrected chi connectivity index (χ2v) is 8.97. The van der Waals surface area contributed by atoms with Crippen LogP contribution in [0.1, 0.15) is 30.0 Å². The summed E-state index contributed by atoms with van der Waals surface area (Å²) in [6, 6.07) is 20.9. The lowest BCUT2D eigenvalue weighted by Crippen LogP contribution is -2.46. The first-order valence-corrected chi connectivity index (χ1v) is 12.2. The van der Waals surface area contributed by atoms with Crippen molar-refractivity contribution in [1.82, 2.24) is 10.2 Å². The Morgan fingerprint density at radius 1 is 1.06 bits per heavy atom. The summed E-state index contributed by atoms with van der Waals surface area (Å²) in [7, 11) is 0. The van der Waals surface area contributed by atoms with Crippen molar-refractivity contribution in [1.29, 1.82) is 0 Å². The molecule has 0 aliphatic carbocycles. The van der Waals surface area contributed by atoms with E-state index in [9.17, 15) is 14.0 Å². The van der Waals surface area contributed by atoms with E-state index in [4.69, 9.17) is 21.1 Å². The molecular formula is C28H28ClFN2O4. The van der Waals surface area contributed by atoms with Crippen molar-refractivity contribution in [3.63, 3.8) is 0 Å². The molecule has 1 N–H and O–H groups in total. The minimum absolute atomic E-state index is 0.0461. The number of halogens is 2. The highest BCUT2D eigenvalue weighted by molar-refractivity contribution is 6.32. The molecule has 0 bridgehead atoms. The second kappa shape index (κ2) is 12.5. The van der Waals surface area contributed by atoms with Gasteiger partial charge in [0.2, 0.25) is 5.91 Å². The summed E-state index contributed by atoms with van der Waals surface area (Å²) in [6.07, 6.45) is 1.78. The number of hydrogen-bond acceptors (Lipinski definition) is 4. The standard InChI is InChI=1S/C28H28ClFN2O4/c29-24-10-4-5-11-25(24)36-19-26(33)32(18-20-12-14-22(30)15-13-20)27(21-7-2-1-3-8-21)28(34)31-17-23-9-6-16-35-23/h1-5,7-8,10-15,23,27H,6,9,16-19H2,(H,31,34). The molecule has 36 heavy (non-hydrogen) atoms. The molecule has 0 radical (unpaired) electrons. The Hall–Kier alpha value is -3.42. The van der Waals surface area contributed by atoms with Crippen LogP contribution >= 0.6 is 11.6 Å². The van der Waals surface area contributed by atoms with Crippen LogP contribution in [0.25, 0.3) is 0 Å². The smallest absolute Gasteiger partial charge is 0.261 e. The van der Waals surface area contributed by atoms with E-state index in [0.717, 1.165) is 12.8 Å². The van der Waals surface area contributed by atoms with Crippen molar-refractivity contribution < 1.29 is 23.5 Å². The Morgan fingerprint density at radius 3 is 2.47 bits per heavy atom. The fourth-order valence-electron chi connectivity index (χ4n) is 4.12. The van der Waals surface area contributed by atoms with E-state index in [0.29, 0.717) is 35.1 Å². The average molecular weight is 511 g/mol. The number of carbonyl (C=O) groups is 2. The molecule has 1 heterocycles. The largest absolute Gasteiger partial charge is 0.482 e. The lowest BCUT2D eigenvalue weighted by Gasteiger charge is -2.32. The fraction of sp³-hybridized carbons (Fsp3) is 0.286. The second-order valence-electron chi connectivity index (χ2n) is 8.56. The van der Waals surface area contributed by atoms with E-state index < -0.39 is 11.9 Å². The van der Waals surface area contributed by atoms with Gasteiger partial charge in [0.15, 0.2) is 6.61 Å². The van der Waals surface area contributed by atoms with Crippen LogP contribution in [0.2, 0.25) is 5.02 Å². The van der Waals surface area contributed by atoms with Gasteiger partial charge in [-0.25, -0.2) is 4.39 Å². The van der Waals surface area contributed by atoms with Gasteiger partial charge in [-0.05, 0) is 48.2 Å². The van der Waals surface area contributed by atoms with Gasteiger partial charge in [0.05, 0.1) is 11.1 Å². The predicted molar refractivity (Wildman–Crippen MR) is 135 cm³/mol. The monoisotopic (exact) mass is 510 g/mol. The number of ether oxygens (including phenoxy) is 2. The van der Waals surface area contributed by atoms with E-state index in [1.54, 1.807) is 48.5 Å². The molecule has 2 atom stereocenters. The van der Waals surface area contributed by atoms with Gasteiger partial charge in [-0.3, -0.25) is 9.59 Å². The molecule has 4 rings (SSSR count). The first kappa shape index (κ1) is 25.7. The van der Waals surface area contributed by atoms with Crippen molar-refractivity contribution in [2.75, 3.05) is 19.8 Å². The van der Waals surface area contributed by atoms with Gasteiger partial charge in [-0.2, -0.15) is 0 Å². The summed E-state index contributed by atoms with van der Waals surface area (Å²) in [5.41, 5.74) is 1.32. The molecular weight excluding hydrogens is 483 g/mol. The molecule has 6 nitrogen and oxygen atoms in total. The molecule has 1 fully saturated rings. The zero-order chi connectivity index (χ0) is 25.3. The van der Waals surface area contributed by atoms with Gasteiger partial charge in [0, 0.05) is 19.7 Å². The number of nitrogens with one attached hydrogen (secondary N) is 1. The summed E-state index contributed by atoms with van der Waals surface area (Å²) in [6.45, 7) is 0.791. The Bertz CT molecular complexity index is 1150. The van der Waals surface area contributed by atoms with E-state index in [1.165, 1.54) is 17.0 Å². The molecule has 0 saturated carbocycles. The van der Waals surface area contributed by atoms with Crippen molar-refractivity contribution in [2.24, 2.45) is 0 Å². The maximum Gasteiger partial charge on any atom is 0.261 e. The third-order valence-corrected chi connectivity index (χ3v) is 6.29. The molecule has 3 aromatic carbocycles. The van der Waals surface area contributed by atoms with Gasteiger partial charge in [0.1, 0.15) is 17.6 Å². The van der Waals surface area contributed by atoms with Crippen LogP contribution in [0.3, 0.4) is 0 Å². The number of para-hydroxylation sites is 1. The minimum Gasteiger partial charge on any atom is -0.482 e. The van der Waals surface area contributed by atoms with Crippen molar-refractivity contribution in [3.05, 3.63) is 101 Å². The van der Waals surface area contributed by atoms with Crippen LogP contribution in [0.15, 0.2) is 78.9 Å². The van der Waals surface area contributed by atoms with E-state index in [2.05, 4.69) is 5.32 Å². The maximum absolute atomic E-state index is 13.6. The fourth-order valence-corrected chi connectivity index (χ4v) is 4.31. The van der Waals surface area contributed by atoms with Gasteiger partial charge in [0.25, 0.3) is 5.91 Å². The molecule has 1 aliphatic heterocycles. The molecule has 2 unspecified atom stereocenters. The summed E-state index contributed by atoms with van der Waals surface area (Å²) in [4.78, 5) is 28.5. The van der Waals surface area contributed by atoms with Crippen LogP contribution in [-0.4, -0.2) is 42.6 Å². The van der Waals surface area contributed by atoms with Crippen molar-refractivity contribution in [3.8, 4) is 5.75 Å². The molecule has 0 spiro atoms. The van der Waals surface area contributed by atoms with Crippen LogP contribution in [-0.2, 0) is 20.9 Å². The lowest BCUT2D eigenvalue weighted by atomic mass is 10.0. The molecule has 0 aromatic heterocycles. The predicted octanol–water partition coefficient (Wildman–Crippen LogP) is 4.92. The molecule has 3 aromatic rings. The van der Waals surface area contributed by atoms with Gasteiger partial charge >= 0.3 is 0 Å². The normalized spacial score (nSPS) is 15.8. The van der Waals surface area contributed by atoms with Crippen LogP contribution in [0.4, 0.5) is 4.39 Å². The van der Waals surface area contributed by atoms with Crippen molar-refractivity contribution in [2.45, 2.75) is 31.5 Å². The summed E-state index contributed by atoms with van der Waals surface area (Å²) < 4.78 is 24.9. The van der Waals surface area contributed by atoms with E-state index >= 15 is 0 Å². The maximum atomic E-state index is 13.6. The number of amides is 2. The topological polar surface area (TPSA) is 67.9 Å². The Morgan fingerprint density at radius 2 is 1.78 bits per heavy atom. The van der Waals surface area contributed by atoms with E-state index in [1.807, 2.05) is 18.2 Å². The summed E-state index contributed by atoms with van der Waals surface area (Å²) in [5, 5.41) is 3.34. The zero-order valence-corrected chi connectivity index (χ0v) is 20.5. The Kier molecular flexibility index (Phi) is 8.92. The highest BCUT2D eigenvalue weighted by atomic mass is 35.5. The van der Waals surface area contributed by atoms with Gasteiger partial charge < -0.3 is 19.7 Å². The van der Waals surface area contributed by atoms with Crippen LogP contribution in [0, 0.1) is 5.82 Å². The highest BCUT2D eigenvalue weighted by Gasteiger charge is 2.32. The molecule has 1 aliphatic rings. The van der Waals surface area contributed by atoms with Crippen molar-refractivity contribution >= 4 is 23.4 Å². The third-order valence-electron chi connectivity index (χ3n) is 5.98. The number of benzene rings is 3. The molecule has 8 heteroatoms. The first-order valence-electron chi connectivity index (χ1n) is 11.9. The summed E-state index contributed by atoms with van der Waals surface area (Å²) >= 11 is 6.18. The molecule has 1 saturated heterocycles. The van der Waals surface area contributed by atoms with E-state index in [-0.39, 0.29) is 31.0 Å². The average Bonchev–Trinajstić information content (AvgIpc) is 3.42. The number of rotatable bonds is 10. The van der Waals surface area contributed by atoms with Crippen LogP contribution in [0.5, 0.6) is 5.75 Å². The zero-order valence-electron chi connectivity index (χ0n) is 19.7. The van der Waals surface area contributed by atoms with Gasteiger partial charge in [-0.15, -0.1) is 0 Å². The quantitative estimate of drug-likeness (QED) is 0.420. The number of hydrogen-bond donors (Lipinski definition) is 1. The number of nitrogens with zero attached hydrogens (tertiary/aromatic N) is 1. The summed E-state index contributed by atoms with van der Waals surface area (Å²) in [5.74, 6) is -0.758. The first-order chi connectivity index (χ1) is 17.5. The van der Waals surface area contributed by atoms with Crippen LogP contribution < -0.4 is 10.1 Å².